The van der Waals surface area contributed by atoms with Crippen molar-refractivity contribution in [2.24, 2.45) is 0 Å². The van der Waals surface area contributed by atoms with Gasteiger partial charge in [0, 0.05) is 49.6 Å². The average Bonchev–Trinajstić information content (AvgIpc) is 3.36. The molecule has 2 fully saturated rings. The molecule has 0 bridgehead atoms. The van der Waals surface area contributed by atoms with E-state index in [1.165, 1.54) is 24.2 Å². The summed E-state index contributed by atoms with van der Waals surface area (Å²) in [4.78, 5) is 4.91. The van der Waals surface area contributed by atoms with Crippen LogP contribution < -0.4 is 10.6 Å². The van der Waals surface area contributed by atoms with Crippen LogP contribution in [0.3, 0.4) is 0 Å². The molecule has 0 unspecified atom stereocenters. The zero-order chi connectivity index (χ0) is 19.0. The zero-order valence-electron chi connectivity index (χ0n) is 16.5. The van der Waals surface area contributed by atoms with Crippen LogP contribution in [-0.2, 0) is 0 Å². The van der Waals surface area contributed by atoms with Gasteiger partial charge in [0.05, 0.1) is 13.1 Å². The lowest BCUT2D eigenvalue weighted by atomic mass is 10.2. The number of anilines is 2. The van der Waals surface area contributed by atoms with Gasteiger partial charge in [0.15, 0.2) is 0 Å². The van der Waals surface area contributed by atoms with Crippen molar-refractivity contribution in [3.63, 3.8) is 0 Å². The molecule has 2 heterocycles. The molecule has 4 heteroatoms. The number of likely N-dealkylation sites (tertiary alicyclic amines) is 2. The molecule has 0 aromatic heterocycles. The van der Waals surface area contributed by atoms with Crippen LogP contribution in [0.5, 0.6) is 0 Å². The van der Waals surface area contributed by atoms with Gasteiger partial charge in [0.2, 0.25) is 0 Å². The van der Waals surface area contributed by atoms with Crippen molar-refractivity contribution in [2.45, 2.75) is 24.9 Å². The van der Waals surface area contributed by atoms with Crippen molar-refractivity contribution in [3.8, 4) is 11.8 Å². The monoisotopic (exact) mass is 374 g/mol. The summed E-state index contributed by atoms with van der Waals surface area (Å²) in [6, 6.07) is 22.1. The Bertz CT molecular complexity index is 715. The van der Waals surface area contributed by atoms with Crippen molar-refractivity contribution >= 4 is 11.4 Å². The Morgan fingerprint density at radius 1 is 0.679 bits per heavy atom. The van der Waals surface area contributed by atoms with Crippen molar-refractivity contribution in [2.75, 3.05) is 49.9 Å². The zero-order valence-corrected chi connectivity index (χ0v) is 16.5. The molecule has 2 aromatic carbocycles. The van der Waals surface area contributed by atoms with Crippen molar-refractivity contribution < 1.29 is 0 Å². The summed E-state index contributed by atoms with van der Waals surface area (Å²) in [5.74, 6) is 6.78. The second-order valence-electron chi connectivity index (χ2n) is 7.82. The number of benzene rings is 2. The molecule has 0 radical (unpaired) electrons. The highest BCUT2D eigenvalue weighted by atomic mass is 15.2. The van der Waals surface area contributed by atoms with Crippen molar-refractivity contribution in [1.82, 2.24) is 9.80 Å². The summed E-state index contributed by atoms with van der Waals surface area (Å²) in [5.41, 5.74) is 2.43. The third-order valence-corrected chi connectivity index (χ3v) is 5.56. The normalized spacial score (nSPS) is 22.6. The van der Waals surface area contributed by atoms with Crippen LogP contribution in [0.15, 0.2) is 60.7 Å². The number of rotatable bonds is 6. The van der Waals surface area contributed by atoms with E-state index in [1.54, 1.807) is 0 Å². The summed E-state index contributed by atoms with van der Waals surface area (Å²) < 4.78 is 0. The largest absolute Gasteiger partial charge is 0.381 e. The summed E-state index contributed by atoms with van der Waals surface area (Å²) in [7, 11) is 0. The Hall–Kier alpha value is -2.48. The molecule has 2 aromatic rings. The fourth-order valence-electron chi connectivity index (χ4n) is 4.06. The van der Waals surface area contributed by atoms with Gasteiger partial charge in [-0.05, 0) is 37.1 Å². The number of nitrogens with zero attached hydrogens (tertiary/aromatic N) is 2. The van der Waals surface area contributed by atoms with Gasteiger partial charge in [-0.15, -0.1) is 0 Å². The molecule has 0 saturated carbocycles. The highest BCUT2D eigenvalue weighted by molar-refractivity contribution is 5.44. The van der Waals surface area contributed by atoms with Crippen LogP contribution in [0.2, 0.25) is 0 Å². The molecule has 2 N–H and O–H groups in total. The van der Waals surface area contributed by atoms with E-state index < -0.39 is 0 Å². The molecule has 146 valence electrons. The predicted octanol–water partition coefficient (Wildman–Crippen LogP) is 3.36. The summed E-state index contributed by atoms with van der Waals surface area (Å²) in [6.07, 6.45) is 2.38. The molecule has 2 atom stereocenters. The second kappa shape index (κ2) is 9.64. The van der Waals surface area contributed by atoms with Crippen LogP contribution in [0.25, 0.3) is 0 Å². The fraction of sp³-hybridized carbons (Fsp3) is 0.417. The number of hydrogen-bond acceptors (Lipinski definition) is 4. The minimum Gasteiger partial charge on any atom is -0.381 e. The fourth-order valence-corrected chi connectivity index (χ4v) is 4.06. The van der Waals surface area contributed by atoms with Crippen molar-refractivity contribution in [1.29, 1.82) is 0 Å². The van der Waals surface area contributed by atoms with E-state index in [0.29, 0.717) is 12.1 Å². The number of hydrogen-bond donors (Lipinski definition) is 2. The van der Waals surface area contributed by atoms with E-state index in [-0.39, 0.29) is 0 Å². The molecule has 4 rings (SSSR count). The van der Waals surface area contributed by atoms with E-state index in [2.05, 4.69) is 92.9 Å². The predicted molar refractivity (Wildman–Crippen MR) is 118 cm³/mol. The van der Waals surface area contributed by atoms with Gasteiger partial charge in [-0.2, -0.15) is 0 Å². The van der Waals surface area contributed by atoms with Crippen LogP contribution >= 0.6 is 0 Å². The van der Waals surface area contributed by atoms with Gasteiger partial charge in [-0.1, -0.05) is 48.2 Å². The molecule has 4 nitrogen and oxygen atoms in total. The summed E-state index contributed by atoms with van der Waals surface area (Å²) in [5, 5.41) is 7.25. The maximum atomic E-state index is 3.63. The lowest BCUT2D eigenvalue weighted by Gasteiger charge is -2.16. The van der Waals surface area contributed by atoms with Gasteiger partial charge in [-0.3, -0.25) is 9.80 Å². The average molecular weight is 375 g/mol. The second-order valence-corrected chi connectivity index (χ2v) is 7.82. The Morgan fingerprint density at radius 3 is 1.54 bits per heavy atom. The molecule has 0 spiro atoms. The Labute approximate surface area is 168 Å². The molecule has 2 aliphatic heterocycles. The smallest absolute Gasteiger partial charge is 0.0602 e. The lowest BCUT2D eigenvalue weighted by Crippen LogP contribution is -2.27. The van der Waals surface area contributed by atoms with Gasteiger partial charge < -0.3 is 10.6 Å². The minimum absolute atomic E-state index is 0.535. The molecule has 0 aliphatic carbocycles. The molecular weight excluding hydrogens is 344 g/mol. The van der Waals surface area contributed by atoms with Crippen LogP contribution in [0.1, 0.15) is 12.8 Å². The quantitative estimate of drug-likeness (QED) is 0.759. The topological polar surface area (TPSA) is 30.5 Å². The van der Waals surface area contributed by atoms with Gasteiger partial charge in [-0.25, -0.2) is 0 Å². The van der Waals surface area contributed by atoms with Gasteiger partial charge >= 0.3 is 0 Å². The number of para-hydroxylation sites is 2. The van der Waals surface area contributed by atoms with E-state index >= 15 is 0 Å². The SMILES string of the molecule is C(#CCN1CC[C@@H](Nc2ccccc2)C1)CN1CC[C@@H](Nc2ccccc2)C1. The molecule has 2 saturated heterocycles. The van der Waals surface area contributed by atoms with Gasteiger partial charge in [0.25, 0.3) is 0 Å². The van der Waals surface area contributed by atoms with E-state index in [1.807, 2.05) is 0 Å². The van der Waals surface area contributed by atoms with E-state index in [9.17, 15) is 0 Å². The molecule has 2 aliphatic rings. The Kier molecular flexibility index (Phi) is 6.49. The Balaban J connectivity index is 1.14. The molecule has 0 amide bonds. The van der Waals surface area contributed by atoms with Crippen LogP contribution in [-0.4, -0.2) is 61.2 Å². The van der Waals surface area contributed by atoms with E-state index in [4.69, 9.17) is 0 Å². The van der Waals surface area contributed by atoms with Crippen molar-refractivity contribution in [3.05, 3.63) is 60.7 Å². The standard InChI is InChI=1S/C24H30N4/c1-3-9-21(10-4-1)25-23-13-17-27(19-23)15-7-8-16-28-18-14-24(20-28)26-22-11-5-2-6-12-22/h1-6,9-12,23-26H,13-20H2/t23-,24-/m1/s1. The highest BCUT2D eigenvalue weighted by Gasteiger charge is 2.22. The van der Waals surface area contributed by atoms with Gasteiger partial charge in [0.1, 0.15) is 0 Å². The minimum atomic E-state index is 0.535. The van der Waals surface area contributed by atoms with Crippen LogP contribution in [0.4, 0.5) is 11.4 Å². The first-order chi connectivity index (χ1) is 13.8. The first-order valence-electron chi connectivity index (χ1n) is 10.4. The maximum absolute atomic E-state index is 3.63. The highest BCUT2D eigenvalue weighted by Crippen LogP contribution is 2.16. The first kappa shape index (κ1) is 18.9. The first-order valence-corrected chi connectivity index (χ1v) is 10.4. The Morgan fingerprint density at radius 2 is 1.11 bits per heavy atom. The summed E-state index contributed by atoms with van der Waals surface area (Å²) in [6.45, 7) is 6.18. The third kappa shape index (κ3) is 5.51. The molecular formula is C24H30N4. The molecule has 28 heavy (non-hydrogen) atoms. The maximum Gasteiger partial charge on any atom is 0.0602 e. The van der Waals surface area contributed by atoms with Crippen LogP contribution in [0, 0.1) is 11.8 Å². The lowest BCUT2D eigenvalue weighted by molar-refractivity contribution is 0.373. The summed E-state index contributed by atoms with van der Waals surface area (Å²) >= 11 is 0. The number of nitrogens with one attached hydrogen (secondary N) is 2. The van der Waals surface area contributed by atoms with E-state index in [0.717, 1.165) is 39.3 Å². The third-order valence-electron chi connectivity index (χ3n) is 5.56.